The van der Waals surface area contributed by atoms with Gasteiger partial charge in [0.2, 0.25) is 6.29 Å². The summed E-state index contributed by atoms with van der Waals surface area (Å²) in [6.07, 6.45) is -7.87. The molecule has 3 aliphatic rings. The Morgan fingerprint density at radius 1 is 1.08 bits per heavy atom. The molecule has 144 valence electrons. The second-order valence-electron chi connectivity index (χ2n) is 7.08. The highest BCUT2D eigenvalue weighted by Crippen LogP contribution is 2.49. The van der Waals surface area contributed by atoms with Crippen molar-refractivity contribution in [2.45, 2.75) is 67.6 Å². The highest BCUT2D eigenvalue weighted by atomic mass is 16.8. The Bertz CT molecular complexity index is 522. The van der Waals surface area contributed by atoms with Crippen LogP contribution in [-0.4, -0.2) is 96.7 Å². The summed E-state index contributed by atoms with van der Waals surface area (Å²) in [6, 6.07) is 0. The second kappa shape index (κ2) is 6.41. The lowest BCUT2D eigenvalue weighted by Gasteiger charge is -2.45. The fourth-order valence-corrected chi connectivity index (χ4v) is 3.84. The highest BCUT2D eigenvalue weighted by Gasteiger charge is 2.64. The van der Waals surface area contributed by atoms with Gasteiger partial charge in [0.05, 0.1) is 30.5 Å². The molecular weight excluding hydrogens is 340 g/mol. The van der Waals surface area contributed by atoms with Gasteiger partial charge in [-0.15, -0.1) is 0 Å². The Balaban J connectivity index is 1.81. The van der Waals surface area contributed by atoms with Gasteiger partial charge in [0.15, 0.2) is 6.29 Å². The first-order chi connectivity index (χ1) is 11.6. The van der Waals surface area contributed by atoms with Crippen LogP contribution in [-0.2, 0) is 14.2 Å². The van der Waals surface area contributed by atoms with Crippen molar-refractivity contribution in [2.24, 2.45) is 5.92 Å². The van der Waals surface area contributed by atoms with Crippen LogP contribution in [0, 0.1) is 5.92 Å². The lowest BCUT2D eigenvalue weighted by Crippen LogP contribution is -2.61. The standard InChI is InChI=1S/C15H24O10/c1-14(21)4-7(17)15(22)2-3-23-13(11(14)15)25-12-10(20)9(19)8(18)6(5-16)24-12/h2-3,6-13,16-22H,4-5H2,1H3/t6?,7?,8?,9?,10?,11-,12?,13?,14+,15-/m1/s1. The van der Waals surface area contributed by atoms with E-state index in [1.165, 1.54) is 13.0 Å². The molecule has 2 fully saturated rings. The summed E-state index contributed by atoms with van der Waals surface area (Å²) in [4.78, 5) is 0. The number of aliphatic hydroxyl groups is 7. The van der Waals surface area contributed by atoms with Crippen molar-refractivity contribution in [3.05, 3.63) is 12.3 Å². The molecule has 10 nitrogen and oxygen atoms in total. The predicted molar refractivity (Wildman–Crippen MR) is 78.6 cm³/mol. The van der Waals surface area contributed by atoms with E-state index >= 15 is 0 Å². The topological polar surface area (TPSA) is 169 Å². The molecule has 1 aliphatic carbocycles. The fourth-order valence-electron chi connectivity index (χ4n) is 3.84. The van der Waals surface area contributed by atoms with E-state index in [4.69, 9.17) is 14.2 Å². The third-order valence-electron chi connectivity index (χ3n) is 5.25. The third kappa shape index (κ3) is 2.97. The van der Waals surface area contributed by atoms with Crippen molar-refractivity contribution in [2.75, 3.05) is 6.61 Å². The summed E-state index contributed by atoms with van der Waals surface area (Å²) in [5.41, 5.74) is -3.35. The van der Waals surface area contributed by atoms with Crippen molar-refractivity contribution in [1.82, 2.24) is 0 Å². The van der Waals surface area contributed by atoms with E-state index in [0.29, 0.717) is 0 Å². The van der Waals surface area contributed by atoms with E-state index in [0.717, 1.165) is 6.26 Å². The largest absolute Gasteiger partial charge is 0.472 e. The Kier molecular flexibility index (Phi) is 4.86. The zero-order chi connectivity index (χ0) is 18.6. The van der Waals surface area contributed by atoms with Gasteiger partial charge < -0.3 is 50.0 Å². The summed E-state index contributed by atoms with van der Waals surface area (Å²) < 4.78 is 16.0. The van der Waals surface area contributed by atoms with Gasteiger partial charge in [0, 0.05) is 6.42 Å². The Labute approximate surface area is 143 Å². The Morgan fingerprint density at radius 2 is 1.76 bits per heavy atom. The molecule has 0 aromatic carbocycles. The number of hydrogen-bond acceptors (Lipinski definition) is 10. The van der Waals surface area contributed by atoms with Crippen LogP contribution >= 0.6 is 0 Å². The molecule has 7 N–H and O–H groups in total. The van der Waals surface area contributed by atoms with Crippen molar-refractivity contribution < 1.29 is 50.0 Å². The number of rotatable bonds is 3. The van der Waals surface area contributed by atoms with E-state index in [2.05, 4.69) is 0 Å². The minimum Gasteiger partial charge on any atom is -0.472 e. The van der Waals surface area contributed by atoms with Gasteiger partial charge in [-0.1, -0.05) is 0 Å². The van der Waals surface area contributed by atoms with Crippen LogP contribution in [0.1, 0.15) is 13.3 Å². The van der Waals surface area contributed by atoms with Crippen LogP contribution in [0.5, 0.6) is 0 Å². The smallest absolute Gasteiger partial charge is 0.210 e. The average molecular weight is 364 g/mol. The van der Waals surface area contributed by atoms with Gasteiger partial charge in [-0.05, 0) is 13.0 Å². The van der Waals surface area contributed by atoms with Crippen LogP contribution in [0.4, 0.5) is 0 Å². The summed E-state index contributed by atoms with van der Waals surface area (Å²) in [6.45, 7) is 0.783. The lowest BCUT2D eigenvalue weighted by molar-refractivity contribution is -0.351. The molecular formula is C15H24O10. The number of hydrogen-bond donors (Lipinski definition) is 7. The van der Waals surface area contributed by atoms with Crippen molar-refractivity contribution in [3.63, 3.8) is 0 Å². The van der Waals surface area contributed by atoms with E-state index in [9.17, 15) is 35.7 Å². The van der Waals surface area contributed by atoms with Crippen LogP contribution < -0.4 is 0 Å². The molecule has 0 bridgehead atoms. The maximum Gasteiger partial charge on any atom is 0.210 e. The van der Waals surface area contributed by atoms with Gasteiger partial charge in [-0.3, -0.25) is 0 Å². The van der Waals surface area contributed by atoms with Crippen LogP contribution in [0.3, 0.4) is 0 Å². The first kappa shape index (κ1) is 19.0. The van der Waals surface area contributed by atoms with Gasteiger partial charge in [-0.2, -0.15) is 0 Å². The van der Waals surface area contributed by atoms with Crippen LogP contribution in [0.15, 0.2) is 12.3 Å². The molecule has 3 rings (SSSR count). The molecule has 0 amide bonds. The molecule has 10 heteroatoms. The lowest BCUT2D eigenvalue weighted by atomic mass is 9.81. The zero-order valence-corrected chi connectivity index (χ0v) is 13.5. The fraction of sp³-hybridized carbons (Fsp3) is 0.867. The monoisotopic (exact) mass is 364 g/mol. The molecule has 25 heavy (non-hydrogen) atoms. The molecule has 2 aliphatic heterocycles. The van der Waals surface area contributed by atoms with Crippen molar-refractivity contribution in [1.29, 1.82) is 0 Å². The molecule has 1 saturated carbocycles. The van der Waals surface area contributed by atoms with Crippen molar-refractivity contribution in [3.8, 4) is 0 Å². The number of ether oxygens (including phenoxy) is 3. The SMILES string of the molecule is C[C@]1(O)CC(O)[C@]2(O)C=COC(OC3OC(CO)C(O)C(O)C3O)[C@H]12. The molecule has 0 radical (unpaired) electrons. The molecule has 0 aromatic rings. The van der Waals surface area contributed by atoms with E-state index in [1.807, 2.05) is 0 Å². The predicted octanol–water partition coefficient (Wildman–Crippen LogP) is -3.46. The van der Waals surface area contributed by atoms with E-state index in [1.54, 1.807) is 0 Å². The molecule has 1 saturated heterocycles. The van der Waals surface area contributed by atoms with E-state index in [-0.39, 0.29) is 6.42 Å². The summed E-state index contributed by atoms with van der Waals surface area (Å²) in [7, 11) is 0. The molecule has 10 atom stereocenters. The van der Waals surface area contributed by atoms with Crippen molar-refractivity contribution >= 4 is 0 Å². The molecule has 2 heterocycles. The molecule has 0 spiro atoms. The first-order valence-electron chi connectivity index (χ1n) is 8.04. The zero-order valence-electron chi connectivity index (χ0n) is 13.5. The quantitative estimate of drug-likeness (QED) is 0.267. The first-order valence-corrected chi connectivity index (χ1v) is 8.04. The summed E-state index contributed by atoms with van der Waals surface area (Å²) in [5, 5.41) is 70.2. The maximum absolute atomic E-state index is 10.7. The summed E-state index contributed by atoms with van der Waals surface area (Å²) >= 11 is 0. The van der Waals surface area contributed by atoms with Crippen LogP contribution in [0.25, 0.3) is 0 Å². The number of aliphatic hydroxyl groups excluding tert-OH is 5. The van der Waals surface area contributed by atoms with Crippen LogP contribution in [0.2, 0.25) is 0 Å². The molecule has 0 aromatic heterocycles. The van der Waals surface area contributed by atoms with Gasteiger partial charge >= 0.3 is 0 Å². The average Bonchev–Trinajstić information content (AvgIpc) is 2.73. The normalized spacial score (nSPS) is 55.7. The van der Waals surface area contributed by atoms with Gasteiger partial charge in [-0.25, -0.2) is 0 Å². The van der Waals surface area contributed by atoms with Gasteiger partial charge in [0.25, 0.3) is 0 Å². The second-order valence-corrected chi connectivity index (χ2v) is 7.08. The third-order valence-corrected chi connectivity index (χ3v) is 5.25. The minimum atomic E-state index is -1.81. The molecule has 7 unspecified atom stereocenters. The Hall–Kier alpha value is -0.820. The minimum absolute atomic E-state index is 0.129. The highest BCUT2D eigenvalue weighted by molar-refractivity contribution is 5.21. The maximum atomic E-state index is 10.7. The van der Waals surface area contributed by atoms with E-state index < -0.39 is 66.8 Å². The Morgan fingerprint density at radius 3 is 2.40 bits per heavy atom. The summed E-state index contributed by atoms with van der Waals surface area (Å²) in [5.74, 6) is -1.10. The number of fused-ring (bicyclic) bond motifs is 1. The van der Waals surface area contributed by atoms with Gasteiger partial charge in [0.1, 0.15) is 30.0 Å².